The third-order valence-corrected chi connectivity index (χ3v) is 3.22. The van der Waals surface area contributed by atoms with Crippen LogP contribution in [0.15, 0.2) is 53.1 Å². The normalized spacial score (nSPS) is 10.5. The van der Waals surface area contributed by atoms with Crippen LogP contribution in [0.5, 0.6) is 5.75 Å². The maximum atomic E-state index is 11.0. The fourth-order valence-corrected chi connectivity index (χ4v) is 2.09. The van der Waals surface area contributed by atoms with Gasteiger partial charge in [-0.15, -0.1) is 0 Å². The Morgan fingerprint density at radius 2 is 1.91 bits per heavy atom. The van der Waals surface area contributed by atoms with Crippen LogP contribution in [0.4, 0.5) is 5.69 Å². The highest BCUT2D eigenvalue weighted by atomic mass is 16.6. The quantitative estimate of drug-likeness (QED) is 0.528. The zero-order chi connectivity index (χ0) is 16.2. The van der Waals surface area contributed by atoms with E-state index in [9.17, 15) is 10.1 Å². The molecule has 0 N–H and O–H groups in total. The van der Waals surface area contributed by atoms with Crippen molar-refractivity contribution in [2.75, 3.05) is 0 Å². The Balaban J connectivity index is 1.71. The van der Waals surface area contributed by atoms with Crippen LogP contribution < -0.4 is 4.74 Å². The maximum absolute atomic E-state index is 11.0. The molecule has 0 aliphatic rings. The molecule has 116 valence electrons. The minimum atomic E-state index is -0.416. The second-order valence-corrected chi connectivity index (χ2v) is 4.84. The first kappa shape index (κ1) is 14.7. The van der Waals surface area contributed by atoms with Gasteiger partial charge >= 0.3 is 0 Å². The molecule has 0 bridgehead atoms. The number of nitrogens with zero attached hydrogens (tertiary/aromatic N) is 3. The van der Waals surface area contributed by atoms with Crippen molar-refractivity contribution in [3.05, 3.63) is 70.1 Å². The third kappa shape index (κ3) is 3.34. The lowest BCUT2D eigenvalue weighted by Gasteiger charge is -2.07. The monoisotopic (exact) mass is 311 g/mol. The summed E-state index contributed by atoms with van der Waals surface area (Å²) in [7, 11) is 0. The Morgan fingerprint density at radius 1 is 1.17 bits per heavy atom. The molecule has 0 atom stereocenters. The number of hydrogen-bond donors (Lipinski definition) is 0. The maximum Gasteiger partial charge on any atom is 0.276 e. The number of benzene rings is 2. The number of nitro groups is 1. The Kier molecular flexibility index (Phi) is 4.01. The second-order valence-electron chi connectivity index (χ2n) is 4.84. The summed E-state index contributed by atoms with van der Waals surface area (Å²) < 4.78 is 10.5. The van der Waals surface area contributed by atoms with Crippen LogP contribution >= 0.6 is 0 Å². The second kappa shape index (κ2) is 6.27. The third-order valence-electron chi connectivity index (χ3n) is 3.22. The van der Waals surface area contributed by atoms with Gasteiger partial charge in [-0.3, -0.25) is 10.1 Å². The van der Waals surface area contributed by atoms with Crippen LogP contribution in [-0.2, 0) is 6.61 Å². The standard InChI is InChI=1S/C16H13N3O4/c1-11-17-16(18-23-11)12-6-8-14(9-7-12)22-10-13-4-2-3-5-15(13)19(20)21/h2-9H,10H2,1H3. The van der Waals surface area contributed by atoms with Crippen molar-refractivity contribution in [1.29, 1.82) is 0 Å². The van der Waals surface area contributed by atoms with E-state index in [0.717, 1.165) is 5.56 Å². The Bertz CT molecular complexity index is 827. The van der Waals surface area contributed by atoms with Gasteiger partial charge in [0, 0.05) is 18.6 Å². The Morgan fingerprint density at radius 3 is 2.57 bits per heavy atom. The van der Waals surface area contributed by atoms with E-state index in [1.165, 1.54) is 6.07 Å². The van der Waals surface area contributed by atoms with Gasteiger partial charge < -0.3 is 9.26 Å². The lowest BCUT2D eigenvalue weighted by atomic mass is 10.2. The summed E-state index contributed by atoms with van der Waals surface area (Å²) in [5.74, 6) is 1.61. The molecule has 2 aromatic carbocycles. The summed E-state index contributed by atoms with van der Waals surface area (Å²) in [6, 6.07) is 13.6. The van der Waals surface area contributed by atoms with E-state index in [1.807, 2.05) is 0 Å². The minimum absolute atomic E-state index is 0.0476. The van der Waals surface area contributed by atoms with E-state index < -0.39 is 4.92 Å². The molecule has 0 saturated carbocycles. The van der Waals surface area contributed by atoms with Gasteiger partial charge in [-0.05, 0) is 30.3 Å². The lowest BCUT2D eigenvalue weighted by Crippen LogP contribution is -2.00. The Labute approximate surface area is 131 Å². The first-order valence-electron chi connectivity index (χ1n) is 6.89. The Hall–Kier alpha value is -3.22. The fraction of sp³-hybridized carbons (Fsp3) is 0.125. The van der Waals surface area contributed by atoms with Crippen molar-refractivity contribution in [3.63, 3.8) is 0 Å². The van der Waals surface area contributed by atoms with E-state index in [1.54, 1.807) is 49.4 Å². The zero-order valence-electron chi connectivity index (χ0n) is 12.3. The van der Waals surface area contributed by atoms with Gasteiger partial charge in [-0.25, -0.2) is 0 Å². The van der Waals surface area contributed by atoms with Crippen LogP contribution in [0.1, 0.15) is 11.5 Å². The topological polar surface area (TPSA) is 91.3 Å². The highest BCUT2D eigenvalue weighted by molar-refractivity contribution is 5.55. The number of para-hydroxylation sites is 1. The van der Waals surface area contributed by atoms with Gasteiger partial charge in [0.2, 0.25) is 11.7 Å². The molecule has 0 fully saturated rings. The van der Waals surface area contributed by atoms with Gasteiger partial charge in [-0.2, -0.15) is 4.98 Å². The van der Waals surface area contributed by atoms with Gasteiger partial charge in [0.1, 0.15) is 12.4 Å². The van der Waals surface area contributed by atoms with Crippen molar-refractivity contribution >= 4 is 5.69 Å². The molecule has 0 radical (unpaired) electrons. The first-order chi connectivity index (χ1) is 11.1. The van der Waals surface area contributed by atoms with Crippen LogP contribution in [-0.4, -0.2) is 15.1 Å². The molecular weight excluding hydrogens is 298 g/mol. The van der Waals surface area contributed by atoms with Gasteiger partial charge in [-0.1, -0.05) is 17.3 Å². The molecule has 0 unspecified atom stereocenters. The van der Waals surface area contributed by atoms with Crippen LogP contribution in [0, 0.1) is 17.0 Å². The van der Waals surface area contributed by atoms with Crippen LogP contribution in [0.3, 0.4) is 0 Å². The molecule has 0 spiro atoms. The van der Waals surface area contributed by atoms with E-state index in [0.29, 0.717) is 23.0 Å². The van der Waals surface area contributed by atoms with Crippen molar-refractivity contribution in [2.45, 2.75) is 13.5 Å². The molecule has 7 nitrogen and oxygen atoms in total. The van der Waals surface area contributed by atoms with E-state index in [4.69, 9.17) is 9.26 Å². The van der Waals surface area contributed by atoms with Gasteiger partial charge in [0.15, 0.2) is 0 Å². The first-order valence-corrected chi connectivity index (χ1v) is 6.89. The molecule has 3 rings (SSSR count). The van der Waals surface area contributed by atoms with Gasteiger partial charge in [0.05, 0.1) is 10.5 Å². The minimum Gasteiger partial charge on any atom is -0.489 e. The molecule has 0 aliphatic carbocycles. The molecule has 23 heavy (non-hydrogen) atoms. The number of nitro benzene ring substituents is 1. The van der Waals surface area contributed by atoms with Crippen molar-refractivity contribution in [2.24, 2.45) is 0 Å². The molecule has 1 heterocycles. The fourth-order valence-electron chi connectivity index (χ4n) is 2.09. The number of aromatic nitrogens is 2. The van der Waals surface area contributed by atoms with E-state index in [-0.39, 0.29) is 12.3 Å². The molecule has 0 aliphatic heterocycles. The summed E-state index contributed by atoms with van der Waals surface area (Å²) in [6.07, 6.45) is 0. The number of ether oxygens (including phenoxy) is 1. The summed E-state index contributed by atoms with van der Waals surface area (Å²) in [6.45, 7) is 1.85. The molecule has 7 heteroatoms. The molecule has 0 saturated heterocycles. The average Bonchev–Trinajstić information content (AvgIpc) is 3.00. The largest absolute Gasteiger partial charge is 0.489 e. The van der Waals surface area contributed by atoms with Crippen molar-refractivity contribution < 1.29 is 14.2 Å². The van der Waals surface area contributed by atoms with E-state index >= 15 is 0 Å². The number of hydrogen-bond acceptors (Lipinski definition) is 6. The predicted octanol–water partition coefficient (Wildman–Crippen LogP) is 3.53. The molecule has 1 aromatic heterocycles. The lowest BCUT2D eigenvalue weighted by molar-refractivity contribution is -0.385. The number of aryl methyl sites for hydroxylation is 1. The SMILES string of the molecule is Cc1nc(-c2ccc(OCc3ccccc3[N+](=O)[O-])cc2)no1. The highest BCUT2D eigenvalue weighted by Crippen LogP contribution is 2.23. The summed E-state index contributed by atoms with van der Waals surface area (Å²) in [5, 5.41) is 14.8. The number of rotatable bonds is 5. The van der Waals surface area contributed by atoms with Gasteiger partial charge in [0.25, 0.3) is 5.69 Å². The summed E-state index contributed by atoms with van der Waals surface area (Å²) in [4.78, 5) is 14.7. The van der Waals surface area contributed by atoms with Crippen LogP contribution in [0.25, 0.3) is 11.4 Å². The van der Waals surface area contributed by atoms with E-state index in [2.05, 4.69) is 10.1 Å². The summed E-state index contributed by atoms with van der Waals surface area (Å²) in [5.41, 5.74) is 1.38. The van der Waals surface area contributed by atoms with Crippen molar-refractivity contribution in [3.8, 4) is 17.1 Å². The predicted molar refractivity (Wildman–Crippen MR) is 81.9 cm³/mol. The molecule has 0 amide bonds. The molecule has 3 aromatic rings. The molecular formula is C16H13N3O4. The van der Waals surface area contributed by atoms with Crippen LogP contribution in [0.2, 0.25) is 0 Å². The van der Waals surface area contributed by atoms with Crippen molar-refractivity contribution in [1.82, 2.24) is 10.1 Å². The summed E-state index contributed by atoms with van der Waals surface area (Å²) >= 11 is 0. The average molecular weight is 311 g/mol. The zero-order valence-corrected chi connectivity index (χ0v) is 12.3. The smallest absolute Gasteiger partial charge is 0.276 e. The highest BCUT2D eigenvalue weighted by Gasteiger charge is 2.12.